The Hall–Kier alpha value is -3.17. The van der Waals surface area contributed by atoms with Crippen molar-refractivity contribution in [3.8, 4) is 11.5 Å². The molecule has 0 unspecified atom stereocenters. The van der Waals surface area contributed by atoms with Crippen LogP contribution in [0.3, 0.4) is 0 Å². The number of carbonyl (C=O) groups excluding carboxylic acids is 2. The van der Waals surface area contributed by atoms with Gasteiger partial charge in [-0.3, -0.25) is 9.59 Å². The molecule has 0 bridgehead atoms. The molecule has 2 aromatic rings. The summed E-state index contributed by atoms with van der Waals surface area (Å²) in [6.07, 6.45) is 0.0522. The minimum atomic E-state index is -1.04. The number of benzene rings is 2. The van der Waals surface area contributed by atoms with E-state index < -0.39 is 5.60 Å². The van der Waals surface area contributed by atoms with Crippen LogP contribution in [0.1, 0.15) is 12.0 Å². The highest BCUT2D eigenvalue weighted by Gasteiger charge is 2.42. The second kappa shape index (κ2) is 11.5. The summed E-state index contributed by atoms with van der Waals surface area (Å²) in [6, 6.07) is 13.2. The van der Waals surface area contributed by atoms with Gasteiger partial charge >= 0.3 is 0 Å². The average molecular weight is 487 g/mol. The maximum Gasteiger partial charge on any atom is 0.260 e. The molecule has 8 nitrogen and oxygen atoms in total. The molecule has 0 aliphatic carbocycles. The molecule has 0 aromatic heterocycles. The second-order valence-corrected chi connectivity index (χ2v) is 8.81. The van der Waals surface area contributed by atoms with Crippen LogP contribution in [-0.4, -0.2) is 86.4 Å². The predicted molar refractivity (Wildman–Crippen MR) is 126 cm³/mol. The quantitative estimate of drug-likeness (QED) is 0.571. The number of hydrogen-bond donors (Lipinski definition) is 0. The van der Waals surface area contributed by atoms with E-state index in [2.05, 4.69) is 0 Å². The fraction of sp³-hybridized carbons (Fsp3) is 0.462. The van der Waals surface area contributed by atoms with Gasteiger partial charge in [0.25, 0.3) is 5.91 Å². The van der Waals surface area contributed by atoms with Gasteiger partial charge in [0.15, 0.2) is 6.61 Å². The zero-order valence-corrected chi connectivity index (χ0v) is 19.9. The number of amides is 2. The van der Waals surface area contributed by atoms with Gasteiger partial charge in [0, 0.05) is 19.6 Å². The molecule has 4 rings (SSSR count). The number of nitrogens with zero attached hydrogens (tertiary/aromatic N) is 2. The Morgan fingerprint density at radius 3 is 2.40 bits per heavy atom. The highest BCUT2D eigenvalue weighted by Crippen LogP contribution is 2.26. The first kappa shape index (κ1) is 24.9. The molecule has 2 fully saturated rings. The van der Waals surface area contributed by atoms with Crippen LogP contribution in [0.2, 0.25) is 0 Å². The van der Waals surface area contributed by atoms with Gasteiger partial charge in [-0.05, 0) is 42.8 Å². The van der Waals surface area contributed by atoms with E-state index >= 15 is 0 Å². The topological polar surface area (TPSA) is 77.5 Å². The van der Waals surface area contributed by atoms with Crippen molar-refractivity contribution in [1.82, 2.24) is 9.80 Å². The molecular formula is C26H31FN2O6. The monoisotopic (exact) mass is 486 g/mol. The van der Waals surface area contributed by atoms with Crippen LogP contribution >= 0.6 is 0 Å². The van der Waals surface area contributed by atoms with E-state index in [0.29, 0.717) is 44.3 Å². The first-order chi connectivity index (χ1) is 16.9. The van der Waals surface area contributed by atoms with Gasteiger partial charge in [0.1, 0.15) is 29.5 Å². The van der Waals surface area contributed by atoms with Gasteiger partial charge in [0.2, 0.25) is 5.91 Å². The Morgan fingerprint density at radius 1 is 0.943 bits per heavy atom. The Morgan fingerprint density at radius 2 is 1.66 bits per heavy atom. The first-order valence-electron chi connectivity index (χ1n) is 11.8. The third-order valence-electron chi connectivity index (χ3n) is 6.20. The maximum absolute atomic E-state index is 13.3. The molecule has 188 valence electrons. The molecule has 2 aliphatic heterocycles. The molecule has 2 aliphatic rings. The molecule has 2 aromatic carbocycles. The molecular weight excluding hydrogens is 455 g/mol. The number of ether oxygens (including phenoxy) is 4. The molecule has 35 heavy (non-hydrogen) atoms. The van der Waals surface area contributed by atoms with E-state index in [9.17, 15) is 14.0 Å². The lowest BCUT2D eigenvalue weighted by atomic mass is 9.96. The predicted octanol–water partition coefficient (Wildman–Crippen LogP) is 2.44. The van der Waals surface area contributed by atoms with Crippen molar-refractivity contribution in [2.45, 2.75) is 18.9 Å². The lowest BCUT2D eigenvalue weighted by Crippen LogP contribution is -2.59. The zero-order chi connectivity index (χ0) is 24.7. The molecule has 0 saturated carbocycles. The number of morpholine rings is 2. The third-order valence-corrected chi connectivity index (χ3v) is 6.20. The summed E-state index contributed by atoms with van der Waals surface area (Å²) < 4.78 is 36.4. The van der Waals surface area contributed by atoms with Crippen molar-refractivity contribution < 1.29 is 32.9 Å². The van der Waals surface area contributed by atoms with Gasteiger partial charge in [-0.15, -0.1) is 0 Å². The number of rotatable bonds is 8. The van der Waals surface area contributed by atoms with Crippen molar-refractivity contribution in [3.63, 3.8) is 0 Å². The molecule has 0 radical (unpaired) electrons. The molecule has 0 N–H and O–H groups in total. The minimum Gasteiger partial charge on any atom is -0.490 e. The highest BCUT2D eigenvalue weighted by atomic mass is 19.1. The van der Waals surface area contributed by atoms with Gasteiger partial charge in [0.05, 0.1) is 32.8 Å². The summed E-state index contributed by atoms with van der Waals surface area (Å²) in [7, 11) is 0. The van der Waals surface area contributed by atoms with Crippen molar-refractivity contribution in [2.24, 2.45) is 0 Å². The Labute approximate surface area is 204 Å². The van der Waals surface area contributed by atoms with Crippen molar-refractivity contribution in [2.75, 3.05) is 59.2 Å². The Balaban J connectivity index is 1.45. The van der Waals surface area contributed by atoms with Crippen LogP contribution < -0.4 is 9.47 Å². The number of halogens is 1. The van der Waals surface area contributed by atoms with Gasteiger partial charge < -0.3 is 28.7 Å². The van der Waals surface area contributed by atoms with Crippen molar-refractivity contribution >= 4 is 11.8 Å². The Bertz CT molecular complexity index is 1010. The van der Waals surface area contributed by atoms with Crippen LogP contribution in [0.15, 0.2) is 48.5 Å². The summed E-state index contributed by atoms with van der Waals surface area (Å²) in [5.74, 6) is 0.471. The van der Waals surface area contributed by atoms with E-state index in [0.717, 1.165) is 5.56 Å². The fourth-order valence-electron chi connectivity index (χ4n) is 4.20. The molecule has 2 saturated heterocycles. The standard InChI is InChI=1S/C26H31FN2O6/c1-20-4-2-3-5-23(20)33-17-25(31)29-12-15-35-26(18-29,16-24(30)28-10-13-32-14-11-28)19-34-22-8-6-21(27)7-9-22/h2-9H,10-19H2,1H3/t26-/m0/s1. The molecule has 2 amide bonds. The third kappa shape index (κ3) is 6.70. The first-order valence-corrected chi connectivity index (χ1v) is 11.8. The van der Waals surface area contributed by atoms with E-state index in [1.165, 1.54) is 24.3 Å². The average Bonchev–Trinajstić information content (AvgIpc) is 2.88. The normalized spacial score (nSPS) is 20.4. The summed E-state index contributed by atoms with van der Waals surface area (Å²) in [4.78, 5) is 29.5. The van der Waals surface area contributed by atoms with Crippen LogP contribution in [0, 0.1) is 12.7 Å². The summed E-state index contributed by atoms with van der Waals surface area (Å²) >= 11 is 0. The number of aryl methyl sites for hydroxylation is 1. The van der Waals surface area contributed by atoms with E-state index in [1.807, 2.05) is 31.2 Å². The van der Waals surface area contributed by atoms with Crippen LogP contribution in [0.25, 0.3) is 0 Å². The van der Waals surface area contributed by atoms with Crippen molar-refractivity contribution in [1.29, 1.82) is 0 Å². The van der Waals surface area contributed by atoms with Gasteiger partial charge in [-0.1, -0.05) is 18.2 Å². The minimum absolute atomic E-state index is 0.0388. The zero-order valence-electron chi connectivity index (χ0n) is 19.9. The van der Waals surface area contributed by atoms with E-state index in [1.54, 1.807) is 9.80 Å². The molecule has 9 heteroatoms. The smallest absolute Gasteiger partial charge is 0.260 e. The second-order valence-electron chi connectivity index (χ2n) is 8.81. The summed E-state index contributed by atoms with van der Waals surface area (Å²) in [6.45, 7) is 4.69. The lowest BCUT2D eigenvalue weighted by molar-refractivity contribution is -0.168. The molecule has 2 heterocycles. The molecule has 0 spiro atoms. The number of hydrogen-bond acceptors (Lipinski definition) is 6. The molecule has 1 atom stereocenters. The van der Waals surface area contributed by atoms with Gasteiger partial charge in [-0.2, -0.15) is 0 Å². The highest BCUT2D eigenvalue weighted by molar-refractivity contribution is 5.79. The largest absolute Gasteiger partial charge is 0.490 e. The maximum atomic E-state index is 13.3. The van der Waals surface area contributed by atoms with Crippen LogP contribution in [0.5, 0.6) is 11.5 Å². The van der Waals surface area contributed by atoms with E-state index in [4.69, 9.17) is 18.9 Å². The summed E-state index contributed by atoms with van der Waals surface area (Å²) in [5, 5.41) is 0. The van der Waals surface area contributed by atoms with Crippen molar-refractivity contribution in [3.05, 3.63) is 59.9 Å². The number of para-hydroxylation sites is 1. The SMILES string of the molecule is Cc1ccccc1OCC(=O)N1CCO[C@@](COc2ccc(F)cc2)(CC(=O)N2CCOCC2)C1. The van der Waals surface area contributed by atoms with Crippen LogP contribution in [-0.2, 0) is 19.1 Å². The Kier molecular flexibility index (Phi) is 8.20. The van der Waals surface area contributed by atoms with Gasteiger partial charge in [-0.25, -0.2) is 4.39 Å². The summed E-state index contributed by atoms with van der Waals surface area (Å²) in [5.41, 5.74) is -0.0965. The lowest BCUT2D eigenvalue weighted by Gasteiger charge is -2.43. The fourth-order valence-corrected chi connectivity index (χ4v) is 4.20. The van der Waals surface area contributed by atoms with Crippen LogP contribution in [0.4, 0.5) is 4.39 Å². The number of carbonyl (C=O) groups is 2. The van der Waals surface area contributed by atoms with E-state index in [-0.39, 0.29) is 50.4 Å².